The first-order valence-corrected chi connectivity index (χ1v) is 6.99. The Balaban J connectivity index is 1.60. The van der Waals surface area contributed by atoms with Crippen molar-refractivity contribution in [2.75, 3.05) is 13.2 Å². The van der Waals surface area contributed by atoms with Gasteiger partial charge in [0.2, 0.25) is 5.91 Å². The smallest absolute Gasteiger partial charge is 0.223 e. The van der Waals surface area contributed by atoms with Crippen LogP contribution in [-0.2, 0) is 4.79 Å². The summed E-state index contributed by atoms with van der Waals surface area (Å²) in [5.41, 5.74) is 1.23. The molecule has 1 aromatic carbocycles. The highest BCUT2D eigenvalue weighted by molar-refractivity contribution is 5.80. The average Bonchev–Trinajstić information content (AvgIpc) is 3.23. The Kier molecular flexibility index (Phi) is 3.53. The number of benzene rings is 1. The summed E-state index contributed by atoms with van der Waals surface area (Å²) < 4.78 is 0. The van der Waals surface area contributed by atoms with Crippen LogP contribution in [0.15, 0.2) is 30.3 Å². The van der Waals surface area contributed by atoms with E-state index in [1.54, 1.807) is 0 Å². The van der Waals surface area contributed by atoms with E-state index in [1.807, 2.05) is 18.2 Å². The van der Waals surface area contributed by atoms with Gasteiger partial charge in [0.05, 0.1) is 6.61 Å². The molecule has 1 heterocycles. The van der Waals surface area contributed by atoms with E-state index in [2.05, 4.69) is 22.8 Å². The number of rotatable bonds is 5. The van der Waals surface area contributed by atoms with Crippen molar-refractivity contribution in [2.45, 2.75) is 30.8 Å². The van der Waals surface area contributed by atoms with Crippen molar-refractivity contribution in [1.29, 1.82) is 0 Å². The summed E-state index contributed by atoms with van der Waals surface area (Å²) in [7, 11) is 0. The second-order valence-electron chi connectivity index (χ2n) is 5.52. The van der Waals surface area contributed by atoms with Crippen molar-refractivity contribution in [3.63, 3.8) is 0 Å². The third kappa shape index (κ3) is 2.65. The second kappa shape index (κ2) is 5.31. The predicted octanol–water partition coefficient (Wildman–Crippen LogP) is 0.629. The maximum atomic E-state index is 11.7. The number of carbonyl (C=O) groups excluding carboxylic acids is 1. The molecule has 102 valence electrons. The third-order valence-electron chi connectivity index (χ3n) is 4.12. The van der Waals surface area contributed by atoms with Gasteiger partial charge in [-0.2, -0.15) is 0 Å². The maximum absolute atomic E-state index is 11.7. The predicted molar refractivity (Wildman–Crippen MR) is 72.7 cm³/mol. The fourth-order valence-corrected chi connectivity index (χ4v) is 2.84. The molecule has 0 aromatic heterocycles. The van der Waals surface area contributed by atoms with Crippen molar-refractivity contribution in [2.24, 2.45) is 5.92 Å². The molecular weight excluding hydrogens is 240 g/mol. The number of hydrogen-bond donors (Lipinski definition) is 3. The zero-order chi connectivity index (χ0) is 13.2. The van der Waals surface area contributed by atoms with Gasteiger partial charge in [-0.3, -0.25) is 4.79 Å². The molecule has 1 aromatic rings. The van der Waals surface area contributed by atoms with Gasteiger partial charge in [-0.05, 0) is 18.4 Å². The van der Waals surface area contributed by atoms with Gasteiger partial charge >= 0.3 is 0 Å². The van der Waals surface area contributed by atoms with Crippen molar-refractivity contribution in [3.05, 3.63) is 35.9 Å². The summed E-state index contributed by atoms with van der Waals surface area (Å²) >= 11 is 0. The minimum atomic E-state index is 0.102. The van der Waals surface area contributed by atoms with Crippen LogP contribution in [0.5, 0.6) is 0 Å². The second-order valence-corrected chi connectivity index (χ2v) is 5.52. The van der Waals surface area contributed by atoms with E-state index >= 15 is 0 Å². The monoisotopic (exact) mass is 260 g/mol. The minimum Gasteiger partial charge on any atom is -0.395 e. The van der Waals surface area contributed by atoms with Crippen LogP contribution in [0.2, 0.25) is 0 Å². The van der Waals surface area contributed by atoms with Crippen LogP contribution >= 0.6 is 0 Å². The zero-order valence-corrected chi connectivity index (χ0v) is 10.9. The Labute approximate surface area is 113 Å². The first-order chi connectivity index (χ1) is 9.29. The summed E-state index contributed by atoms with van der Waals surface area (Å²) in [6.45, 7) is 0.776. The Morgan fingerprint density at radius 3 is 2.63 bits per heavy atom. The standard InChI is InChI=1S/C15H20N2O2/c18-9-13-14(10-4-2-1-3-5-10)12(17-13)8-16-15(19)11-6-7-11/h1-5,11-14,17-18H,6-9H2,(H,16,19)/t12-,13-,14+/m0/s1. The van der Waals surface area contributed by atoms with Crippen molar-refractivity contribution in [1.82, 2.24) is 10.6 Å². The number of aliphatic hydroxyl groups is 1. The van der Waals surface area contributed by atoms with Crippen LogP contribution < -0.4 is 10.6 Å². The van der Waals surface area contributed by atoms with Crippen LogP contribution in [-0.4, -0.2) is 36.2 Å². The average molecular weight is 260 g/mol. The molecule has 1 amide bonds. The summed E-state index contributed by atoms with van der Waals surface area (Å²) in [6, 6.07) is 10.5. The van der Waals surface area contributed by atoms with Crippen LogP contribution in [0.4, 0.5) is 0 Å². The van der Waals surface area contributed by atoms with Gasteiger partial charge in [-0.15, -0.1) is 0 Å². The lowest BCUT2D eigenvalue weighted by atomic mass is 9.77. The molecule has 0 unspecified atom stereocenters. The number of aliphatic hydroxyl groups excluding tert-OH is 1. The quantitative estimate of drug-likeness (QED) is 0.727. The lowest BCUT2D eigenvalue weighted by Crippen LogP contribution is -2.64. The van der Waals surface area contributed by atoms with Crippen LogP contribution in [0.3, 0.4) is 0 Å². The molecule has 0 spiro atoms. The molecule has 3 N–H and O–H groups in total. The lowest BCUT2D eigenvalue weighted by Gasteiger charge is -2.46. The maximum Gasteiger partial charge on any atom is 0.223 e. The molecule has 2 fully saturated rings. The normalized spacial score (nSPS) is 29.6. The molecule has 1 saturated heterocycles. The molecule has 0 bridgehead atoms. The summed E-state index contributed by atoms with van der Waals surface area (Å²) in [5, 5.41) is 15.7. The Hall–Kier alpha value is -1.39. The Morgan fingerprint density at radius 2 is 2.00 bits per heavy atom. The molecule has 1 saturated carbocycles. The van der Waals surface area contributed by atoms with E-state index in [1.165, 1.54) is 5.56 Å². The van der Waals surface area contributed by atoms with E-state index < -0.39 is 0 Å². The number of hydrogen-bond acceptors (Lipinski definition) is 3. The van der Waals surface area contributed by atoms with E-state index in [4.69, 9.17) is 0 Å². The zero-order valence-electron chi connectivity index (χ0n) is 10.9. The molecule has 4 nitrogen and oxygen atoms in total. The minimum absolute atomic E-state index is 0.102. The van der Waals surface area contributed by atoms with Crippen LogP contribution in [0.25, 0.3) is 0 Å². The summed E-state index contributed by atoms with van der Waals surface area (Å²) in [5.74, 6) is 0.718. The largest absolute Gasteiger partial charge is 0.395 e. The van der Waals surface area contributed by atoms with E-state index in [-0.39, 0.29) is 36.4 Å². The summed E-state index contributed by atoms with van der Waals surface area (Å²) in [6.07, 6.45) is 2.07. The first kappa shape index (κ1) is 12.6. The van der Waals surface area contributed by atoms with Gasteiger partial charge in [0.25, 0.3) is 0 Å². The number of carbonyl (C=O) groups is 1. The van der Waals surface area contributed by atoms with E-state index in [9.17, 15) is 9.90 Å². The Morgan fingerprint density at radius 1 is 1.26 bits per heavy atom. The van der Waals surface area contributed by atoms with Gasteiger partial charge in [-0.25, -0.2) is 0 Å². The highest BCUT2D eigenvalue weighted by Crippen LogP contribution is 2.32. The van der Waals surface area contributed by atoms with Crippen LogP contribution in [0, 0.1) is 5.92 Å². The fourth-order valence-electron chi connectivity index (χ4n) is 2.84. The van der Waals surface area contributed by atoms with Gasteiger partial charge in [-0.1, -0.05) is 30.3 Å². The van der Waals surface area contributed by atoms with Gasteiger partial charge in [0, 0.05) is 30.5 Å². The molecule has 1 aliphatic carbocycles. The van der Waals surface area contributed by atoms with Crippen molar-refractivity contribution < 1.29 is 9.90 Å². The highest BCUT2D eigenvalue weighted by Gasteiger charge is 2.41. The third-order valence-corrected chi connectivity index (χ3v) is 4.12. The first-order valence-electron chi connectivity index (χ1n) is 6.99. The Bertz CT molecular complexity index is 445. The number of nitrogens with one attached hydrogen (secondary N) is 2. The van der Waals surface area contributed by atoms with Gasteiger partial charge in [0.1, 0.15) is 0 Å². The molecule has 4 heteroatoms. The van der Waals surface area contributed by atoms with Gasteiger partial charge in [0.15, 0.2) is 0 Å². The molecule has 1 aliphatic heterocycles. The topological polar surface area (TPSA) is 61.4 Å². The van der Waals surface area contributed by atoms with Gasteiger partial charge < -0.3 is 15.7 Å². The van der Waals surface area contributed by atoms with E-state index in [0.29, 0.717) is 6.54 Å². The van der Waals surface area contributed by atoms with Crippen molar-refractivity contribution >= 4 is 5.91 Å². The van der Waals surface area contributed by atoms with E-state index in [0.717, 1.165) is 12.8 Å². The highest BCUT2D eigenvalue weighted by atomic mass is 16.3. The molecule has 19 heavy (non-hydrogen) atoms. The lowest BCUT2D eigenvalue weighted by molar-refractivity contribution is -0.122. The van der Waals surface area contributed by atoms with Crippen molar-refractivity contribution in [3.8, 4) is 0 Å². The molecule has 2 aliphatic rings. The molecule has 3 rings (SSSR count). The summed E-state index contributed by atoms with van der Waals surface area (Å²) in [4.78, 5) is 11.7. The van der Waals surface area contributed by atoms with Crippen LogP contribution in [0.1, 0.15) is 24.3 Å². The fraction of sp³-hybridized carbons (Fsp3) is 0.533. The number of amides is 1. The molecular formula is C15H20N2O2. The molecule has 0 radical (unpaired) electrons. The molecule has 3 atom stereocenters. The SMILES string of the molecule is O=C(NC[C@@H]1N[C@@H](CO)[C@@H]1c1ccccc1)C1CC1.